The minimum absolute atomic E-state index is 0. The van der Waals surface area contributed by atoms with Gasteiger partial charge in [-0.2, -0.15) is 5.10 Å². The van der Waals surface area contributed by atoms with Gasteiger partial charge in [-0.3, -0.25) is 14.4 Å². The lowest BCUT2D eigenvalue weighted by atomic mass is 10.0. The molecule has 160 valence electrons. The van der Waals surface area contributed by atoms with Crippen molar-refractivity contribution >= 4 is 30.0 Å². The number of halogens is 1. The Morgan fingerprint density at radius 3 is 2.61 bits per heavy atom. The number of primary amides is 1. The zero-order valence-corrected chi connectivity index (χ0v) is 17.3. The number of nitrogens with two attached hydrogens (primary N) is 1. The van der Waals surface area contributed by atoms with Gasteiger partial charge in [0.1, 0.15) is 6.04 Å². The SMILES string of the molecule is Cl.NC(=O)C(=O)C(Cc1ccccc1)NC(=O)c1cccnc1-n1cc2c(n1)CNC2. The van der Waals surface area contributed by atoms with Gasteiger partial charge in [0.2, 0.25) is 5.78 Å². The van der Waals surface area contributed by atoms with E-state index in [0.717, 1.165) is 16.8 Å². The number of aromatic nitrogens is 3. The van der Waals surface area contributed by atoms with Crippen LogP contribution in [0.25, 0.3) is 5.82 Å². The predicted molar refractivity (Wildman–Crippen MR) is 115 cm³/mol. The van der Waals surface area contributed by atoms with Crippen LogP contribution in [-0.2, 0) is 29.1 Å². The quantitative estimate of drug-likeness (QED) is 0.463. The van der Waals surface area contributed by atoms with Gasteiger partial charge in [0.25, 0.3) is 11.8 Å². The summed E-state index contributed by atoms with van der Waals surface area (Å²) < 4.78 is 1.56. The van der Waals surface area contributed by atoms with E-state index in [-0.39, 0.29) is 24.4 Å². The van der Waals surface area contributed by atoms with Crippen molar-refractivity contribution in [2.45, 2.75) is 25.6 Å². The maximum absolute atomic E-state index is 13.0. The highest BCUT2D eigenvalue weighted by Gasteiger charge is 2.27. The molecule has 4 N–H and O–H groups in total. The van der Waals surface area contributed by atoms with E-state index in [1.165, 1.54) is 0 Å². The molecule has 3 aromatic rings. The van der Waals surface area contributed by atoms with E-state index >= 15 is 0 Å². The molecule has 1 aliphatic heterocycles. The minimum atomic E-state index is -1.10. The number of amides is 2. The topological polar surface area (TPSA) is 132 Å². The van der Waals surface area contributed by atoms with Gasteiger partial charge < -0.3 is 16.4 Å². The van der Waals surface area contributed by atoms with Crippen LogP contribution in [0.1, 0.15) is 27.2 Å². The summed E-state index contributed by atoms with van der Waals surface area (Å²) in [6, 6.07) is 11.2. The predicted octanol–water partition coefficient (Wildman–Crippen LogP) is 0.688. The molecular formula is C21H21ClN6O3. The first-order valence-electron chi connectivity index (χ1n) is 9.45. The second-order valence-corrected chi connectivity index (χ2v) is 6.97. The highest BCUT2D eigenvalue weighted by Crippen LogP contribution is 2.18. The maximum atomic E-state index is 13.0. The second kappa shape index (κ2) is 9.50. The van der Waals surface area contributed by atoms with Gasteiger partial charge in [-0.1, -0.05) is 30.3 Å². The minimum Gasteiger partial charge on any atom is -0.363 e. The van der Waals surface area contributed by atoms with Gasteiger partial charge in [0, 0.05) is 37.5 Å². The number of benzene rings is 1. The zero-order chi connectivity index (χ0) is 21.1. The molecule has 9 nitrogen and oxygen atoms in total. The van der Waals surface area contributed by atoms with Gasteiger partial charge in [-0.05, 0) is 17.7 Å². The summed E-state index contributed by atoms with van der Waals surface area (Å²) in [6.07, 6.45) is 3.53. The molecule has 10 heteroatoms. The van der Waals surface area contributed by atoms with Crippen molar-refractivity contribution in [1.29, 1.82) is 0 Å². The Kier molecular flexibility index (Phi) is 6.78. The first-order chi connectivity index (χ1) is 14.5. The van der Waals surface area contributed by atoms with Crippen LogP contribution in [0, 0.1) is 0 Å². The van der Waals surface area contributed by atoms with Crippen LogP contribution in [0.5, 0.6) is 0 Å². The molecule has 4 rings (SSSR count). The molecule has 1 aliphatic rings. The van der Waals surface area contributed by atoms with Gasteiger partial charge >= 0.3 is 0 Å². The number of nitrogens with zero attached hydrogens (tertiary/aromatic N) is 3. The first kappa shape index (κ1) is 22.1. The van der Waals surface area contributed by atoms with Crippen molar-refractivity contribution in [3.05, 3.63) is 77.2 Å². The molecule has 31 heavy (non-hydrogen) atoms. The summed E-state index contributed by atoms with van der Waals surface area (Å²) in [4.78, 5) is 41.2. The molecule has 0 spiro atoms. The standard InChI is InChI=1S/C21H20N6O3.ClH/c22-19(29)18(28)16(9-13-5-2-1-3-6-13)25-21(30)15-7-4-8-24-20(15)27-12-14-10-23-11-17(14)26-27;/h1-8,12,16,23H,9-11H2,(H2,22,29)(H,25,30);1H. The third-order valence-electron chi connectivity index (χ3n) is 4.88. The van der Waals surface area contributed by atoms with Crippen LogP contribution in [0.15, 0.2) is 54.9 Å². The van der Waals surface area contributed by atoms with Crippen LogP contribution in [-0.4, -0.2) is 38.4 Å². The van der Waals surface area contributed by atoms with Crippen molar-refractivity contribution in [2.24, 2.45) is 5.73 Å². The van der Waals surface area contributed by atoms with E-state index in [4.69, 9.17) is 5.73 Å². The number of hydrogen-bond acceptors (Lipinski definition) is 6. The number of hydrogen-bond donors (Lipinski definition) is 3. The Labute approximate surface area is 184 Å². The number of pyridine rings is 1. The van der Waals surface area contributed by atoms with Gasteiger partial charge in [-0.15, -0.1) is 12.4 Å². The van der Waals surface area contributed by atoms with E-state index in [0.29, 0.717) is 18.9 Å². The number of nitrogens with one attached hydrogen (secondary N) is 2. The Hall–Kier alpha value is -3.56. The van der Waals surface area contributed by atoms with Gasteiger partial charge in [-0.25, -0.2) is 9.67 Å². The largest absolute Gasteiger partial charge is 0.363 e. The smallest absolute Gasteiger partial charge is 0.287 e. The molecule has 3 heterocycles. The summed E-state index contributed by atoms with van der Waals surface area (Å²) in [5.74, 6) is -2.16. The molecule has 0 fully saturated rings. The number of rotatable bonds is 7. The molecule has 0 saturated heterocycles. The number of fused-ring (bicyclic) bond motifs is 1. The maximum Gasteiger partial charge on any atom is 0.287 e. The van der Waals surface area contributed by atoms with E-state index in [2.05, 4.69) is 20.7 Å². The van der Waals surface area contributed by atoms with Crippen molar-refractivity contribution in [3.8, 4) is 5.82 Å². The molecule has 1 aromatic carbocycles. The lowest BCUT2D eigenvalue weighted by molar-refractivity contribution is -0.137. The fourth-order valence-electron chi connectivity index (χ4n) is 3.39. The third-order valence-corrected chi connectivity index (χ3v) is 4.88. The van der Waals surface area contributed by atoms with Crippen LogP contribution in [0.4, 0.5) is 0 Å². The molecule has 1 atom stereocenters. The normalized spacial score (nSPS) is 13.0. The zero-order valence-electron chi connectivity index (χ0n) is 16.4. The molecule has 0 radical (unpaired) electrons. The van der Waals surface area contributed by atoms with Crippen LogP contribution in [0.3, 0.4) is 0 Å². The highest BCUT2D eigenvalue weighted by molar-refractivity contribution is 6.38. The van der Waals surface area contributed by atoms with E-state index < -0.39 is 23.6 Å². The Bertz CT molecular complexity index is 1090. The second-order valence-electron chi connectivity index (χ2n) is 6.97. The van der Waals surface area contributed by atoms with Crippen LogP contribution < -0.4 is 16.4 Å². The average Bonchev–Trinajstić information content (AvgIpc) is 3.35. The monoisotopic (exact) mass is 440 g/mol. The third kappa shape index (κ3) is 4.79. The summed E-state index contributed by atoms with van der Waals surface area (Å²) in [7, 11) is 0. The van der Waals surface area contributed by atoms with Crippen molar-refractivity contribution in [3.63, 3.8) is 0 Å². The fraction of sp³-hybridized carbons (Fsp3) is 0.190. The van der Waals surface area contributed by atoms with Crippen LogP contribution >= 0.6 is 12.4 Å². The van der Waals surface area contributed by atoms with Gasteiger partial charge in [0.15, 0.2) is 5.82 Å². The Morgan fingerprint density at radius 2 is 1.90 bits per heavy atom. The molecule has 0 saturated carbocycles. The first-order valence-corrected chi connectivity index (χ1v) is 9.45. The number of carbonyl (C=O) groups excluding carboxylic acids is 3. The van der Waals surface area contributed by atoms with Crippen molar-refractivity contribution in [2.75, 3.05) is 0 Å². The van der Waals surface area contributed by atoms with E-state index in [1.54, 1.807) is 23.0 Å². The summed E-state index contributed by atoms with van der Waals surface area (Å²) in [6.45, 7) is 1.36. The molecular weight excluding hydrogens is 420 g/mol. The lowest BCUT2D eigenvalue weighted by Crippen LogP contribution is -2.47. The number of carbonyl (C=O) groups is 3. The molecule has 2 aromatic heterocycles. The average molecular weight is 441 g/mol. The number of Topliss-reactive ketones (excluding diaryl/α,β-unsaturated/α-hetero) is 1. The van der Waals surface area contributed by atoms with Crippen LogP contribution in [0.2, 0.25) is 0 Å². The van der Waals surface area contributed by atoms with Crippen molar-refractivity contribution in [1.82, 2.24) is 25.4 Å². The highest BCUT2D eigenvalue weighted by atomic mass is 35.5. The van der Waals surface area contributed by atoms with Gasteiger partial charge in [0.05, 0.1) is 11.3 Å². The summed E-state index contributed by atoms with van der Waals surface area (Å²) in [5.41, 5.74) is 8.16. The van der Waals surface area contributed by atoms with Crippen molar-refractivity contribution < 1.29 is 14.4 Å². The Balaban J connectivity index is 0.00000272. The molecule has 0 bridgehead atoms. The Morgan fingerprint density at radius 1 is 1.13 bits per heavy atom. The molecule has 0 aliphatic carbocycles. The fourth-order valence-corrected chi connectivity index (χ4v) is 3.39. The summed E-state index contributed by atoms with van der Waals surface area (Å²) in [5, 5.41) is 10.3. The lowest BCUT2D eigenvalue weighted by Gasteiger charge is -2.17. The number of ketones is 1. The van der Waals surface area contributed by atoms with E-state index in [1.807, 2.05) is 36.5 Å². The molecule has 1 unspecified atom stereocenters. The molecule has 2 amide bonds. The van der Waals surface area contributed by atoms with E-state index in [9.17, 15) is 14.4 Å². The summed E-state index contributed by atoms with van der Waals surface area (Å²) >= 11 is 0.